The Morgan fingerprint density at radius 2 is 2.25 bits per heavy atom. The van der Waals surface area contributed by atoms with E-state index in [9.17, 15) is 4.79 Å². The summed E-state index contributed by atoms with van der Waals surface area (Å²) in [7, 11) is 0. The van der Waals surface area contributed by atoms with Gasteiger partial charge in [-0.1, -0.05) is 24.1 Å². The maximum atomic E-state index is 12.0. The molecule has 20 heavy (non-hydrogen) atoms. The van der Waals surface area contributed by atoms with Gasteiger partial charge in [0.15, 0.2) is 0 Å². The highest BCUT2D eigenvalue weighted by Crippen LogP contribution is 2.16. The van der Waals surface area contributed by atoms with Crippen molar-refractivity contribution in [2.45, 2.75) is 45.6 Å². The minimum absolute atomic E-state index is 0.0420. The van der Waals surface area contributed by atoms with Crippen molar-refractivity contribution in [2.24, 2.45) is 0 Å². The molecule has 1 aliphatic heterocycles. The van der Waals surface area contributed by atoms with Crippen molar-refractivity contribution in [3.8, 4) is 0 Å². The second-order valence-electron chi connectivity index (χ2n) is 5.86. The molecule has 2 rings (SSSR count). The molecule has 0 aliphatic carbocycles. The molecule has 1 saturated heterocycles. The third-order valence-corrected chi connectivity index (χ3v) is 4.13. The van der Waals surface area contributed by atoms with E-state index in [4.69, 9.17) is 0 Å². The van der Waals surface area contributed by atoms with Crippen molar-refractivity contribution < 1.29 is 4.79 Å². The number of hydrogen-bond donors (Lipinski definition) is 1. The summed E-state index contributed by atoms with van der Waals surface area (Å²) in [5, 5.41) is 3.01. The molecule has 0 radical (unpaired) electrons. The molecule has 1 atom stereocenters. The van der Waals surface area contributed by atoms with Crippen molar-refractivity contribution in [3.63, 3.8) is 0 Å². The highest BCUT2D eigenvalue weighted by Gasteiger charge is 2.17. The first-order chi connectivity index (χ1) is 9.66. The summed E-state index contributed by atoms with van der Waals surface area (Å²) >= 11 is 0. The van der Waals surface area contributed by atoms with Crippen LogP contribution in [0.1, 0.15) is 48.5 Å². The number of nitrogens with zero attached hydrogens (tertiary/aromatic N) is 1. The molecule has 1 aliphatic rings. The van der Waals surface area contributed by atoms with Crippen LogP contribution in [0.4, 0.5) is 0 Å². The van der Waals surface area contributed by atoms with Crippen LogP contribution >= 0.6 is 0 Å². The summed E-state index contributed by atoms with van der Waals surface area (Å²) in [6, 6.07) is 8.45. The van der Waals surface area contributed by atoms with Gasteiger partial charge in [0.2, 0.25) is 0 Å². The van der Waals surface area contributed by atoms with Gasteiger partial charge in [-0.3, -0.25) is 4.79 Å². The van der Waals surface area contributed by atoms with Crippen LogP contribution in [0.25, 0.3) is 0 Å². The van der Waals surface area contributed by atoms with Crippen molar-refractivity contribution in [2.75, 3.05) is 19.6 Å². The number of nitrogens with one attached hydrogen (secondary N) is 1. The Labute approximate surface area is 122 Å². The smallest absolute Gasteiger partial charge is 0.251 e. The zero-order valence-electron chi connectivity index (χ0n) is 12.7. The van der Waals surface area contributed by atoms with Crippen molar-refractivity contribution in [1.82, 2.24) is 10.2 Å². The van der Waals surface area contributed by atoms with E-state index in [0.717, 1.165) is 30.6 Å². The van der Waals surface area contributed by atoms with Crippen LogP contribution in [0.5, 0.6) is 0 Å². The molecule has 110 valence electrons. The Balaban J connectivity index is 1.69. The number of rotatable bonds is 5. The average Bonchev–Trinajstić information content (AvgIpc) is 2.45. The second kappa shape index (κ2) is 7.44. The number of hydrogen-bond acceptors (Lipinski definition) is 2. The van der Waals surface area contributed by atoms with Gasteiger partial charge in [0.05, 0.1) is 0 Å². The summed E-state index contributed by atoms with van der Waals surface area (Å²) in [6.07, 6.45) is 5.03. The van der Waals surface area contributed by atoms with Crippen molar-refractivity contribution in [3.05, 3.63) is 35.4 Å². The fourth-order valence-electron chi connectivity index (χ4n) is 2.86. The molecule has 1 aromatic rings. The first-order valence-electron chi connectivity index (χ1n) is 7.76. The van der Waals surface area contributed by atoms with Gasteiger partial charge in [-0.05, 0) is 51.8 Å². The second-order valence-corrected chi connectivity index (χ2v) is 5.86. The highest BCUT2D eigenvalue weighted by atomic mass is 16.1. The summed E-state index contributed by atoms with van der Waals surface area (Å²) in [6.45, 7) is 7.39. The van der Waals surface area contributed by atoms with Gasteiger partial charge in [0.1, 0.15) is 0 Å². The first kappa shape index (κ1) is 15.0. The van der Waals surface area contributed by atoms with Crippen LogP contribution in [0, 0.1) is 6.92 Å². The van der Waals surface area contributed by atoms with Crippen molar-refractivity contribution >= 4 is 5.91 Å². The maximum Gasteiger partial charge on any atom is 0.251 e. The Bertz CT molecular complexity index is 444. The van der Waals surface area contributed by atoms with Gasteiger partial charge in [-0.2, -0.15) is 0 Å². The van der Waals surface area contributed by atoms with Crippen molar-refractivity contribution in [1.29, 1.82) is 0 Å². The van der Waals surface area contributed by atoms with Gasteiger partial charge in [-0.15, -0.1) is 0 Å². The third kappa shape index (κ3) is 4.34. The third-order valence-electron chi connectivity index (χ3n) is 4.13. The normalized spacial score (nSPS) is 19.8. The topological polar surface area (TPSA) is 32.3 Å². The van der Waals surface area contributed by atoms with Gasteiger partial charge in [0.25, 0.3) is 5.91 Å². The maximum absolute atomic E-state index is 12.0. The Morgan fingerprint density at radius 3 is 3.00 bits per heavy atom. The van der Waals surface area contributed by atoms with E-state index in [-0.39, 0.29) is 5.91 Å². The minimum Gasteiger partial charge on any atom is -0.352 e. The van der Waals surface area contributed by atoms with E-state index >= 15 is 0 Å². The van der Waals surface area contributed by atoms with Gasteiger partial charge in [-0.25, -0.2) is 0 Å². The molecule has 0 bridgehead atoms. The van der Waals surface area contributed by atoms with Gasteiger partial charge >= 0.3 is 0 Å². The zero-order chi connectivity index (χ0) is 14.4. The lowest BCUT2D eigenvalue weighted by Crippen LogP contribution is -2.39. The zero-order valence-corrected chi connectivity index (χ0v) is 12.7. The number of amides is 1. The van der Waals surface area contributed by atoms with E-state index in [1.807, 2.05) is 31.2 Å². The molecule has 3 nitrogen and oxygen atoms in total. The first-order valence-corrected chi connectivity index (χ1v) is 7.76. The van der Waals surface area contributed by atoms with E-state index < -0.39 is 0 Å². The lowest BCUT2D eigenvalue weighted by Gasteiger charge is -2.33. The summed E-state index contributed by atoms with van der Waals surface area (Å²) in [5.41, 5.74) is 1.89. The molecular weight excluding hydrogens is 248 g/mol. The molecule has 1 aromatic carbocycles. The Kier molecular flexibility index (Phi) is 5.60. The summed E-state index contributed by atoms with van der Waals surface area (Å²) in [5.74, 6) is 0.0420. The van der Waals surface area contributed by atoms with Gasteiger partial charge < -0.3 is 10.2 Å². The molecule has 1 amide bonds. The van der Waals surface area contributed by atoms with Gasteiger partial charge in [0, 0.05) is 24.7 Å². The predicted octanol–water partition coefficient (Wildman–Crippen LogP) is 2.99. The quantitative estimate of drug-likeness (QED) is 0.837. The number of piperidine rings is 1. The SMILES string of the molecule is Cc1cccc(C(=O)NCCCN2CCCCC2C)c1. The molecule has 0 aromatic heterocycles. The highest BCUT2D eigenvalue weighted by molar-refractivity contribution is 5.94. The molecule has 1 fully saturated rings. The van der Waals surface area contributed by atoms with Crippen LogP contribution in [-0.4, -0.2) is 36.5 Å². The molecule has 3 heteroatoms. The minimum atomic E-state index is 0.0420. The average molecular weight is 274 g/mol. The van der Waals surface area contributed by atoms with Crippen LogP contribution < -0.4 is 5.32 Å². The van der Waals surface area contributed by atoms with E-state index in [1.165, 1.54) is 25.8 Å². The molecule has 1 N–H and O–H groups in total. The predicted molar refractivity (Wildman–Crippen MR) is 83.0 cm³/mol. The van der Waals surface area contributed by atoms with Crippen LogP contribution in [-0.2, 0) is 0 Å². The number of aryl methyl sites for hydroxylation is 1. The van der Waals surface area contributed by atoms with E-state index in [1.54, 1.807) is 0 Å². The number of carbonyl (C=O) groups excluding carboxylic acids is 1. The lowest BCUT2D eigenvalue weighted by atomic mass is 10.0. The largest absolute Gasteiger partial charge is 0.352 e. The molecule has 1 heterocycles. The monoisotopic (exact) mass is 274 g/mol. The van der Waals surface area contributed by atoms with Crippen LogP contribution in [0.3, 0.4) is 0 Å². The van der Waals surface area contributed by atoms with Crippen LogP contribution in [0.2, 0.25) is 0 Å². The fourth-order valence-corrected chi connectivity index (χ4v) is 2.86. The summed E-state index contributed by atoms with van der Waals surface area (Å²) in [4.78, 5) is 14.5. The van der Waals surface area contributed by atoms with E-state index in [2.05, 4.69) is 17.1 Å². The molecular formula is C17H26N2O. The molecule has 1 unspecified atom stereocenters. The Hall–Kier alpha value is -1.35. The summed E-state index contributed by atoms with van der Waals surface area (Å²) < 4.78 is 0. The fraction of sp³-hybridized carbons (Fsp3) is 0.588. The Morgan fingerprint density at radius 1 is 1.40 bits per heavy atom. The number of likely N-dealkylation sites (tertiary alicyclic amines) is 1. The molecule has 0 spiro atoms. The number of carbonyl (C=O) groups is 1. The van der Waals surface area contributed by atoms with E-state index in [0.29, 0.717) is 6.04 Å². The molecule has 0 saturated carbocycles. The van der Waals surface area contributed by atoms with Crippen LogP contribution in [0.15, 0.2) is 24.3 Å². The standard InChI is InChI=1S/C17H26N2O/c1-14-7-5-9-16(13-14)17(20)18-10-6-12-19-11-4-3-8-15(19)2/h5,7,9,13,15H,3-4,6,8,10-12H2,1-2H3,(H,18,20). The number of benzene rings is 1. The lowest BCUT2D eigenvalue weighted by molar-refractivity contribution is 0.0949.